The van der Waals surface area contributed by atoms with Gasteiger partial charge in [-0.1, -0.05) is 53.0 Å². The van der Waals surface area contributed by atoms with Crippen LogP contribution in [0.25, 0.3) is 0 Å². The lowest BCUT2D eigenvalue weighted by molar-refractivity contribution is 0.112. The monoisotopic (exact) mass is 295 g/mol. The predicted molar refractivity (Wildman–Crippen MR) is 70.4 cm³/mol. The molecule has 1 aliphatic heterocycles. The van der Waals surface area contributed by atoms with Gasteiger partial charge < -0.3 is 4.74 Å². The Morgan fingerprint density at radius 1 is 1.47 bits per heavy atom. The number of nitrogens with zero attached hydrogens (tertiary/aromatic N) is 1. The Balaban J connectivity index is 2.57. The van der Waals surface area contributed by atoms with Crippen molar-refractivity contribution in [2.24, 2.45) is 0 Å². The summed E-state index contributed by atoms with van der Waals surface area (Å²) in [6.45, 7) is 3.35. The van der Waals surface area contributed by atoms with Crippen LogP contribution in [0.4, 0.5) is 4.79 Å². The lowest BCUT2D eigenvalue weighted by Crippen LogP contribution is -2.37. The van der Waals surface area contributed by atoms with Crippen LogP contribution in [0.15, 0.2) is 37.1 Å². The first kappa shape index (κ1) is 14.4. The van der Waals surface area contributed by atoms with Crippen LogP contribution in [0.5, 0.6) is 0 Å². The Morgan fingerprint density at radius 2 is 2.18 bits per heavy atom. The summed E-state index contributed by atoms with van der Waals surface area (Å²) in [7, 11) is 0. The number of amides is 1. The van der Waals surface area contributed by atoms with Crippen LogP contribution in [0.3, 0.4) is 0 Å². The molecule has 94 valence electrons. The molecule has 17 heavy (non-hydrogen) atoms. The van der Waals surface area contributed by atoms with Gasteiger partial charge in [0.25, 0.3) is 0 Å². The molecular weight excluding hydrogens is 284 g/mol. The standard InChI is InChI=1S/C11H12Cl3NO2/c1-2-5-9-6-3-4-7-15(9)10(16)17-8-11(12,13)14/h2-4,6-7,9H,1,5,8H2. The summed E-state index contributed by atoms with van der Waals surface area (Å²) in [6, 6.07) is -0.111. The van der Waals surface area contributed by atoms with E-state index in [9.17, 15) is 4.79 Å². The van der Waals surface area contributed by atoms with Crippen molar-refractivity contribution in [2.75, 3.05) is 6.61 Å². The normalized spacial score (nSPS) is 19.2. The van der Waals surface area contributed by atoms with Gasteiger partial charge in [0.2, 0.25) is 3.79 Å². The molecule has 0 aliphatic carbocycles. The van der Waals surface area contributed by atoms with E-state index in [-0.39, 0.29) is 12.6 Å². The zero-order valence-electron chi connectivity index (χ0n) is 8.98. The van der Waals surface area contributed by atoms with Crippen LogP contribution in [0, 0.1) is 0 Å². The fourth-order valence-electron chi connectivity index (χ4n) is 1.32. The summed E-state index contributed by atoms with van der Waals surface area (Å²) in [4.78, 5) is 13.2. The topological polar surface area (TPSA) is 29.5 Å². The molecule has 1 atom stereocenters. The van der Waals surface area contributed by atoms with Crippen LogP contribution in [0.1, 0.15) is 6.42 Å². The van der Waals surface area contributed by atoms with E-state index in [2.05, 4.69) is 6.58 Å². The third-order valence-electron chi connectivity index (χ3n) is 2.03. The van der Waals surface area contributed by atoms with Crippen LogP contribution in [-0.4, -0.2) is 27.4 Å². The average molecular weight is 297 g/mol. The molecule has 0 aromatic heterocycles. The van der Waals surface area contributed by atoms with Crippen molar-refractivity contribution < 1.29 is 9.53 Å². The lowest BCUT2D eigenvalue weighted by Gasteiger charge is -2.27. The summed E-state index contributed by atoms with van der Waals surface area (Å²) in [5.74, 6) is 0. The minimum Gasteiger partial charge on any atom is -0.445 e. The molecule has 1 aliphatic rings. The summed E-state index contributed by atoms with van der Waals surface area (Å²) >= 11 is 16.5. The second kappa shape index (κ2) is 6.34. The van der Waals surface area contributed by atoms with E-state index in [1.807, 2.05) is 12.2 Å². The van der Waals surface area contributed by atoms with Crippen LogP contribution in [-0.2, 0) is 4.74 Å². The molecule has 0 saturated heterocycles. The minimum atomic E-state index is -1.60. The van der Waals surface area contributed by atoms with E-state index < -0.39 is 9.89 Å². The van der Waals surface area contributed by atoms with E-state index in [1.165, 1.54) is 4.90 Å². The SMILES string of the molecule is C=CCC1C=CC=CN1C(=O)OCC(Cl)(Cl)Cl. The third-order valence-corrected chi connectivity index (χ3v) is 2.35. The van der Waals surface area contributed by atoms with Gasteiger partial charge in [-0.25, -0.2) is 4.79 Å². The Labute approximate surface area is 115 Å². The Bertz CT molecular complexity index is 347. The van der Waals surface area contributed by atoms with Crippen LogP contribution < -0.4 is 0 Å². The molecule has 1 heterocycles. The first-order valence-corrected chi connectivity index (χ1v) is 6.05. The van der Waals surface area contributed by atoms with E-state index in [1.54, 1.807) is 18.4 Å². The number of rotatable bonds is 3. The van der Waals surface area contributed by atoms with Crippen molar-refractivity contribution in [1.82, 2.24) is 4.90 Å². The number of hydrogen-bond acceptors (Lipinski definition) is 2. The van der Waals surface area contributed by atoms with Gasteiger partial charge in [0.15, 0.2) is 0 Å². The maximum absolute atomic E-state index is 11.7. The van der Waals surface area contributed by atoms with Crippen molar-refractivity contribution in [3.8, 4) is 0 Å². The molecule has 3 nitrogen and oxygen atoms in total. The van der Waals surface area contributed by atoms with Crippen molar-refractivity contribution in [1.29, 1.82) is 0 Å². The summed E-state index contributed by atoms with van der Waals surface area (Å²) in [5, 5.41) is 0. The van der Waals surface area contributed by atoms with E-state index in [4.69, 9.17) is 39.5 Å². The highest BCUT2D eigenvalue weighted by Gasteiger charge is 2.26. The van der Waals surface area contributed by atoms with Crippen molar-refractivity contribution >= 4 is 40.9 Å². The highest BCUT2D eigenvalue weighted by Crippen LogP contribution is 2.26. The largest absolute Gasteiger partial charge is 0.445 e. The molecule has 1 rings (SSSR count). The fourth-order valence-corrected chi connectivity index (χ4v) is 1.48. The second-order valence-electron chi connectivity index (χ2n) is 3.40. The predicted octanol–water partition coefficient (Wildman–Crippen LogP) is 3.82. The number of carbonyl (C=O) groups is 1. The highest BCUT2D eigenvalue weighted by molar-refractivity contribution is 6.67. The number of carbonyl (C=O) groups excluding carboxylic acids is 1. The van der Waals surface area contributed by atoms with E-state index in [0.717, 1.165) is 0 Å². The molecule has 0 saturated carbocycles. The zero-order valence-corrected chi connectivity index (χ0v) is 11.3. The summed E-state index contributed by atoms with van der Waals surface area (Å²) in [5.41, 5.74) is 0. The second-order valence-corrected chi connectivity index (χ2v) is 5.91. The lowest BCUT2D eigenvalue weighted by atomic mass is 10.1. The van der Waals surface area contributed by atoms with Crippen LogP contribution >= 0.6 is 34.8 Å². The molecule has 0 bridgehead atoms. The first-order valence-electron chi connectivity index (χ1n) is 4.92. The van der Waals surface area contributed by atoms with Gasteiger partial charge >= 0.3 is 6.09 Å². The van der Waals surface area contributed by atoms with Gasteiger partial charge in [0.05, 0.1) is 6.04 Å². The molecule has 0 spiro atoms. The average Bonchev–Trinajstić information content (AvgIpc) is 2.26. The Morgan fingerprint density at radius 3 is 2.76 bits per heavy atom. The highest BCUT2D eigenvalue weighted by atomic mass is 35.6. The smallest absolute Gasteiger partial charge is 0.414 e. The molecule has 0 aromatic carbocycles. The van der Waals surface area contributed by atoms with Gasteiger partial charge in [-0.15, -0.1) is 6.58 Å². The van der Waals surface area contributed by atoms with Gasteiger partial charge in [-0.3, -0.25) is 4.90 Å². The summed E-state index contributed by atoms with van der Waals surface area (Å²) < 4.78 is 3.30. The number of halogens is 3. The van der Waals surface area contributed by atoms with Crippen molar-refractivity contribution in [2.45, 2.75) is 16.3 Å². The molecular formula is C11H12Cl3NO2. The van der Waals surface area contributed by atoms with Crippen molar-refractivity contribution in [3.05, 3.63) is 37.1 Å². The van der Waals surface area contributed by atoms with Crippen LogP contribution in [0.2, 0.25) is 0 Å². The summed E-state index contributed by atoms with van der Waals surface area (Å²) in [6.07, 6.45) is 8.88. The molecule has 0 radical (unpaired) electrons. The van der Waals surface area contributed by atoms with E-state index in [0.29, 0.717) is 6.42 Å². The van der Waals surface area contributed by atoms with E-state index >= 15 is 0 Å². The maximum atomic E-state index is 11.7. The minimum absolute atomic E-state index is 0.111. The molecule has 0 N–H and O–H groups in total. The Hall–Kier alpha value is -0.640. The Kier molecular flexibility index (Phi) is 5.37. The zero-order chi connectivity index (χ0) is 12.9. The molecule has 1 unspecified atom stereocenters. The van der Waals surface area contributed by atoms with Gasteiger partial charge in [0.1, 0.15) is 6.61 Å². The molecule has 6 heteroatoms. The molecule has 0 fully saturated rings. The fraction of sp³-hybridized carbons (Fsp3) is 0.364. The van der Waals surface area contributed by atoms with Gasteiger partial charge in [-0.05, 0) is 12.5 Å². The number of ether oxygens (including phenoxy) is 1. The van der Waals surface area contributed by atoms with Gasteiger partial charge in [0, 0.05) is 6.20 Å². The third kappa shape index (κ3) is 5.02. The van der Waals surface area contributed by atoms with Gasteiger partial charge in [-0.2, -0.15) is 0 Å². The maximum Gasteiger partial charge on any atom is 0.414 e. The quantitative estimate of drug-likeness (QED) is 0.585. The molecule has 1 amide bonds. The first-order chi connectivity index (χ1) is 7.94. The van der Waals surface area contributed by atoms with Crippen molar-refractivity contribution in [3.63, 3.8) is 0 Å². The number of allylic oxidation sites excluding steroid dienone is 2. The number of hydrogen-bond donors (Lipinski definition) is 0. The number of alkyl halides is 3. The molecule has 0 aromatic rings.